The zero-order valence-electron chi connectivity index (χ0n) is 12.3. The Morgan fingerprint density at radius 1 is 1.52 bits per heavy atom. The minimum absolute atomic E-state index is 0.0606. The molecule has 0 aliphatic rings. The number of benzene rings is 1. The Hall–Kier alpha value is -2.81. The Kier molecular flexibility index (Phi) is 5.96. The first-order valence-corrected chi connectivity index (χ1v) is 6.43. The van der Waals surface area contributed by atoms with Crippen LogP contribution < -0.4 is 11.1 Å². The van der Waals surface area contributed by atoms with Crippen molar-refractivity contribution in [3.63, 3.8) is 0 Å². The lowest BCUT2D eigenvalue weighted by molar-refractivity contribution is -0.138. The summed E-state index contributed by atoms with van der Waals surface area (Å²) in [6, 6.07) is 7.53. The lowest BCUT2D eigenvalue weighted by atomic mass is 10.1. The minimum Gasteiger partial charge on any atom is -0.462 e. The Morgan fingerprint density at radius 2 is 2.24 bits per heavy atom. The van der Waals surface area contributed by atoms with E-state index in [2.05, 4.69) is 10.3 Å². The van der Waals surface area contributed by atoms with E-state index in [1.54, 1.807) is 13.0 Å². The van der Waals surface area contributed by atoms with E-state index in [4.69, 9.17) is 15.7 Å². The summed E-state index contributed by atoms with van der Waals surface area (Å²) in [6.07, 6.45) is 1.02. The van der Waals surface area contributed by atoms with E-state index in [-0.39, 0.29) is 18.0 Å². The number of carbonyl (C=O) groups excluding carboxylic acids is 1. The van der Waals surface area contributed by atoms with Crippen LogP contribution in [0.2, 0.25) is 0 Å². The van der Waals surface area contributed by atoms with Gasteiger partial charge in [0.2, 0.25) is 0 Å². The van der Waals surface area contributed by atoms with Crippen LogP contribution in [0.1, 0.15) is 18.1 Å². The molecule has 0 saturated carbocycles. The predicted molar refractivity (Wildman–Crippen MR) is 81.5 cm³/mol. The van der Waals surface area contributed by atoms with Gasteiger partial charge in [0.1, 0.15) is 6.07 Å². The number of ether oxygens (including phenoxy) is 1. The molecule has 110 valence electrons. The summed E-state index contributed by atoms with van der Waals surface area (Å²) >= 11 is 0. The van der Waals surface area contributed by atoms with Gasteiger partial charge in [0.15, 0.2) is 11.4 Å². The number of nitrogens with one attached hydrogen (secondary N) is 1. The molecule has 0 aliphatic heterocycles. The molecule has 1 rings (SSSR count). The van der Waals surface area contributed by atoms with Gasteiger partial charge in [-0.25, -0.2) is 9.79 Å². The monoisotopic (exact) mass is 286 g/mol. The van der Waals surface area contributed by atoms with Crippen LogP contribution in [0.15, 0.2) is 34.6 Å². The number of rotatable bonds is 5. The maximum Gasteiger partial charge on any atom is 0.352 e. The van der Waals surface area contributed by atoms with Gasteiger partial charge in [-0.2, -0.15) is 5.26 Å². The molecular weight excluding hydrogens is 268 g/mol. The molecule has 0 amide bonds. The second kappa shape index (κ2) is 7.70. The molecule has 0 bridgehead atoms. The number of anilines is 1. The lowest BCUT2D eigenvalue weighted by Crippen LogP contribution is -2.13. The molecule has 0 aliphatic carbocycles. The first-order valence-electron chi connectivity index (χ1n) is 6.43. The minimum atomic E-state index is -0.738. The highest BCUT2D eigenvalue weighted by Gasteiger charge is 2.17. The fraction of sp³-hybridized carbons (Fsp3) is 0.267. The largest absolute Gasteiger partial charge is 0.462 e. The molecular formula is C15H18N4O2. The normalized spacial score (nSPS) is 11.7. The molecule has 21 heavy (non-hydrogen) atoms. The van der Waals surface area contributed by atoms with E-state index in [0.29, 0.717) is 0 Å². The van der Waals surface area contributed by atoms with Crippen molar-refractivity contribution in [2.24, 2.45) is 10.7 Å². The first kappa shape index (κ1) is 16.2. The Balaban J connectivity index is 3.22. The van der Waals surface area contributed by atoms with Crippen molar-refractivity contribution < 1.29 is 9.53 Å². The lowest BCUT2D eigenvalue weighted by Gasteiger charge is -2.11. The number of esters is 1. The zero-order valence-corrected chi connectivity index (χ0v) is 12.3. The first-order chi connectivity index (χ1) is 10.0. The number of nitrogens with zero attached hydrogens (tertiary/aromatic N) is 2. The van der Waals surface area contributed by atoms with Crippen molar-refractivity contribution in [1.82, 2.24) is 0 Å². The van der Waals surface area contributed by atoms with Gasteiger partial charge in [-0.1, -0.05) is 17.7 Å². The summed E-state index contributed by atoms with van der Waals surface area (Å²) in [5, 5.41) is 12.1. The molecule has 0 saturated heterocycles. The van der Waals surface area contributed by atoms with Gasteiger partial charge in [-0.05, 0) is 32.4 Å². The second-order valence-corrected chi connectivity index (χ2v) is 4.28. The van der Waals surface area contributed by atoms with Crippen molar-refractivity contribution in [1.29, 1.82) is 5.26 Å². The van der Waals surface area contributed by atoms with E-state index in [9.17, 15) is 4.79 Å². The van der Waals surface area contributed by atoms with Gasteiger partial charge in [-0.3, -0.25) is 0 Å². The second-order valence-electron chi connectivity index (χ2n) is 4.28. The molecule has 0 fully saturated rings. The van der Waals surface area contributed by atoms with E-state index >= 15 is 0 Å². The number of carbonyl (C=O) groups is 1. The predicted octanol–water partition coefficient (Wildman–Crippen LogP) is 2.00. The average molecular weight is 286 g/mol. The van der Waals surface area contributed by atoms with E-state index in [1.807, 2.05) is 32.0 Å². The highest BCUT2D eigenvalue weighted by Crippen LogP contribution is 2.20. The summed E-state index contributed by atoms with van der Waals surface area (Å²) in [6.45, 7) is 5.73. The van der Waals surface area contributed by atoms with Crippen molar-refractivity contribution in [2.75, 3.05) is 11.9 Å². The van der Waals surface area contributed by atoms with Crippen molar-refractivity contribution in [3.05, 3.63) is 40.7 Å². The maximum atomic E-state index is 11.8. The quantitative estimate of drug-likeness (QED) is 0.283. The van der Waals surface area contributed by atoms with Crippen molar-refractivity contribution in [2.45, 2.75) is 20.8 Å². The maximum absolute atomic E-state index is 11.8. The van der Waals surface area contributed by atoms with Crippen LogP contribution in [0.5, 0.6) is 0 Å². The standard InChI is InChI=1S/C15H18N4O2/c1-4-21-15(20)12(8-16)14(18-9-17)19-13-6-5-10(2)7-11(13)3/h5-7,9,19H,4H2,1-3H3,(H2,17,18)/b14-12+. The number of nitrogens with two attached hydrogens (primary N) is 1. The molecule has 0 unspecified atom stereocenters. The van der Waals surface area contributed by atoms with Crippen molar-refractivity contribution in [3.8, 4) is 6.07 Å². The molecule has 1 aromatic rings. The van der Waals surface area contributed by atoms with Crippen LogP contribution >= 0.6 is 0 Å². The van der Waals surface area contributed by atoms with Crippen molar-refractivity contribution >= 4 is 18.0 Å². The topological polar surface area (TPSA) is 100 Å². The van der Waals surface area contributed by atoms with E-state index in [1.165, 1.54) is 0 Å². The van der Waals surface area contributed by atoms with Gasteiger partial charge in [0.25, 0.3) is 0 Å². The van der Waals surface area contributed by atoms with Gasteiger partial charge in [-0.15, -0.1) is 0 Å². The SMILES string of the molecule is CCOC(=O)/C(C#N)=C(\N=C\N)Nc1ccc(C)cc1C. The van der Waals surface area contributed by atoms with Gasteiger partial charge in [0.05, 0.1) is 12.9 Å². The van der Waals surface area contributed by atoms with Gasteiger partial charge in [0, 0.05) is 5.69 Å². The summed E-state index contributed by atoms with van der Waals surface area (Å²) < 4.78 is 4.84. The molecule has 0 spiro atoms. The van der Waals surface area contributed by atoms with Gasteiger partial charge < -0.3 is 15.8 Å². The highest BCUT2D eigenvalue weighted by atomic mass is 16.5. The zero-order chi connectivity index (χ0) is 15.8. The smallest absolute Gasteiger partial charge is 0.352 e. The molecule has 0 atom stereocenters. The van der Waals surface area contributed by atoms with Crippen LogP contribution in [-0.2, 0) is 9.53 Å². The van der Waals surface area contributed by atoms with E-state index in [0.717, 1.165) is 23.2 Å². The average Bonchev–Trinajstić information content (AvgIpc) is 2.43. The van der Waals surface area contributed by atoms with E-state index < -0.39 is 5.97 Å². The molecule has 1 aromatic carbocycles. The highest BCUT2D eigenvalue weighted by molar-refractivity contribution is 5.94. The van der Waals surface area contributed by atoms with Crippen LogP contribution in [0.4, 0.5) is 5.69 Å². The molecule has 6 heteroatoms. The number of hydrogen-bond acceptors (Lipinski definition) is 5. The number of hydrogen-bond donors (Lipinski definition) is 2. The summed E-state index contributed by atoms with van der Waals surface area (Å²) in [5.41, 5.74) is 7.86. The summed E-state index contributed by atoms with van der Waals surface area (Å²) in [7, 11) is 0. The molecule has 0 heterocycles. The fourth-order valence-electron chi connectivity index (χ4n) is 1.71. The third kappa shape index (κ3) is 4.35. The number of aryl methyl sites for hydroxylation is 2. The summed E-state index contributed by atoms with van der Waals surface area (Å²) in [4.78, 5) is 15.6. The summed E-state index contributed by atoms with van der Waals surface area (Å²) in [5.74, 6) is -0.678. The Labute approximate surface area is 123 Å². The molecule has 0 aromatic heterocycles. The van der Waals surface area contributed by atoms with Crippen LogP contribution in [0.3, 0.4) is 0 Å². The van der Waals surface area contributed by atoms with Gasteiger partial charge >= 0.3 is 5.97 Å². The molecule has 0 radical (unpaired) electrons. The Bertz CT molecular complexity index is 627. The van der Waals surface area contributed by atoms with Crippen LogP contribution in [0.25, 0.3) is 0 Å². The molecule has 6 nitrogen and oxygen atoms in total. The number of nitriles is 1. The number of aliphatic imine (C=N–C) groups is 1. The van der Waals surface area contributed by atoms with Crippen LogP contribution in [-0.4, -0.2) is 18.9 Å². The fourth-order valence-corrected chi connectivity index (χ4v) is 1.71. The molecule has 3 N–H and O–H groups in total. The van der Waals surface area contributed by atoms with Crippen LogP contribution in [0, 0.1) is 25.2 Å². The third-order valence-corrected chi connectivity index (χ3v) is 2.67. The third-order valence-electron chi connectivity index (χ3n) is 2.67. The Morgan fingerprint density at radius 3 is 2.76 bits per heavy atom.